The van der Waals surface area contributed by atoms with E-state index in [0.29, 0.717) is 11.3 Å². The summed E-state index contributed by atoms with van der Waals surface area (Å²) in [6.07, 6.45) is 0. The number of hydrogen-bond acceptors (Lipinski definition) is 2. The summed E-state index contributed by atoms with van der Waals surface area (Å²) < 4.78 is 0. The average molecular weight is 200 g/mol. The van der Waals surface area contributed by atoms with Crippen LogP contribution < -0.4 is 5.73 Å². The van der Waals surface area contributed by atoms with Crippen molar-refractivity contribution in [1.29, 1.82) is 0 Å². The predicted octanol–water partition coefficient (Wildman–Crippen LogP) is 2.34. The minimum Gasteiger partial charge on any atom is -0.329 e. The molecular weight excluding hydrogens is 172 g/mol. The molecule has 2 heteroatoms. The third-order valence-electron chi connectivity index (χ3n) is 3.24. The molecule has 0 saturated carbocycles. The first-order valence-corrected chi connectivity index (χ1v) is 5.55. The highest BCUT2D eigenvalue weighted by Crippen LogP contribution is 2.26. The SMILES string of the molecule is CC(C)C(C)(CN)N(C)CC(C)(C)C. The van der Waals surface area contributed by atoms with Gasteiger partial charge in [0.1, 0.15) is 0 Å². The summed E-state index contributed by atoms with van der Waals surface area (Å²) in [6.45, 7) is 15.3. The second kappa shape index (κ2) is 4.63. The van der Waals surface area contributed by atoms with Crippen LogP contribution in [0, 0.1) is 11.3 Å². The molecule has 0 spiro atoms. The molecule has 0 heterocycles. The summed E-state index contributed by atoms with van der Waals surface area (Å²) in [6, 6.07) is 0. The van der Waals surface area contributed by atoms with Gasteiger partial charge < -0.3 is 5.73 Å². The molecule has 0 amide bonds. The van der Waals surface area contributed by atoms with Crippen molar-refractivity contribution in [3.63, 3.8) is 0 Å². The minimum atomic E-state index is 0.118. The van der Waals surface area contributed by atoms with Crippen LogP contribution in [0.5, 0.6) is 0 Å². The monoisotopic (exact) mass is 200 g/mol. The van der Waals surface area contributed by atoms with E-state index in [4.69, 9.17) is 5.73 Å². The number of nitrogens with zero attached hydrogens (tertiary/aromatic N) is 1. The zero-order valence-electron chi connectivity index (χ0n) is 11.0. The van der Waals surface area contributed by atoms with Gasteiger partial charge in [-0.3, -0.25) is 4.90 Å². The van der Waals surface area contributed by atoms with Gasteiger partial charge in [0, 0.05) is 18.6 Å². The van der Waals surface area contributed by atoms with E-state index in [-0.39, 0.29) is 5.54 Å². The molecule has 0 rings (SSSR count). The van der Waals surface area contributed by atoms with Crippen LogP contribution in [0.25, 0.3) is 0 Å². The van der Waals surface area contributed by atoms with Crippen LogP contribution in [0.1, 0.15) is 41.5 Å². The lowest BCUT2D eigenvalue weighted by Gasteiger charge is -2.44. The van der Waals surface area contributed by atoms with Gasteiger partial charge in [-0.05, 0) is 25.3 Å². The Morgan fingerprint density at radius 1 is 1.14 bits per heavy atom. The topological polar surface area (TPSA) is 29.3 Å². The standard InChI is InChI=1S/C12H28N2/c1-10(2)12(6,8-13)14(7)9-11(3,4)5/h10H,8-9,13H2,1-7H3. The first kappa shape index (κ1) is 13.9. The van der Waals surface area contributed by atoms with Crippen LogP contribution in [-0.2, 0) is 0 Å². The lowest BCUT2D eigenvalue weighted by molar-refractivity contribution is 0.0628. The molecule has 2 N–H and O–H groups in total. The Kier molecular flexibility index (Phi) is 4.60. The van der Waals surface area contributed by atoms with Crippen molar-refractivity contribution in [2.24, 2.45) is 17.1 Å². The van der Waals surface area contributed by atoms with Crippen molar-refractivity contribution in [3.05, 3.63) is 0 Å². The molecule has 0 aliphatic carbocycles. The summed E-state index contributed by atoms with van der Waals surface area (Å²) in [7, 11) is 2.18. The highest BCUT2D eigenvalue weighted by atomic mass is 15.2. The summed E-state index contributed by atoms with van der Waals surface area (Å²) >= 11 is 0. The lowest BCUT2D eigenvalue weighted by atomic mass is 9.84. The second-order valence-corrected chi connectivity index (χ2v) is 6.13. The lowest BCUT2D eigenvalue weighted by Crippen LogP contribution is -2.55. The van der Waals surface area contributed by atoms with E-state index in [1.807, 2.05) is 0 Å². The zero-order valence-corrected chi connectivity index (χ0v) is 11.0. The number of rotatable bonds is 4. The van der Waals surface area contributed by atoms with E-state index in [0.717, 1.165) is 13.1 Å². The zero-order chi connectivity index (χ0) is 11.6. The van der Waals surface area contributed by atoms with Gasteiger partial charge in [-0.25, -0.2) is 0 Å². The fourth-order valence-electron chi connectivity index (χ4n) is 1.72. The highest BCUT2D eigenvalue weighted by Gasteiger charge is 2.33. The fourth-order valence-corrected chi connectivity index (χ4v) is 1.72. The van der Waals surface area contributed by atoms with Crippen LogP contribution >= 0.6 is 0 Å². The molecule has 14 heavy (non-hydrogen) atoms. The Hall–Kier alpha value is -0.0800. The van der Waals surface area contributed by atoms with E-state index in [1.54, 1.807) is 0 Å². The van der Waals surface area contributed by atoms with Gasteiger partial charge in [0.05, 0.1) is 0 Å². The number of hydrogen-bond donors (Lipinski definition) is 1. The molecule has 0 aromatic carbocycles. The van der Waals surface area contributed by atoms with Crippen molar-refractivity contribution in [1.82, 2.24) is 4.90 Å². The Balaban J connectivity index is 4.54. The Morgan fingerprint density at radius 3 is 1.79 bits per heavy atom. The van der Waals surface area contributed by atoms with Gasteiger partial charge in [0.25, 0.3) is 0 Å². The largest absolute Gasteiger partial charge is 0.329 e. The average Bonchev–Trinajstić information content (AvgIpc) is 1.99. The third kappa shape index (κ3) is 3.58. The van der Waals surface area contributed by atoms with Crippen molar-refractivity contribution in [3.8, 4) is 0 Å². The normalized spacial score (nSPS) is 17.6. The van der Waals surface area contributed by atoms with E-state index >= 15 is 0 Å². The number of likely N-dealkylation sites (N-methyl/N-ethyl adjacent to an activating group) is 1. The highest BCUT2D eigenvalue weighted by molar-refractivity contribution is 4.90. The van der Waals surface area contributed by atoms with Crippen LogP contribution in [0.4, 0.5) is 0 Å². The molecule has 0 fully saturated rings. The van der Waals surface area contributed by atoms with Crippen LogP contribution in [0.3, 0.4) is 0 Å². The molecular formula is C12H28N2. The summed E-state index contributed by atoms with van der Waals surface area (Å²) in [5, 5.41) is 0. The summed E-state index contributed by atoms with van der Waals surface area (Å²) in [5.74, 6) is 0.583. The first-order valence-electron chi connectivity index (χ1n) is 5.55. The van der Waals surface area contributed by atoms with Crippen molar-refractivity contribution < 1.29 is 0 Å². The molecule has 86 valence electrons. The van der Waals surface area contributed by atoms with E-state index < -0.39 is 0 Å². The molecule has 0 aliphatic rings. The maximum absolute atomic E-state index is 5.89. The van der Waals surface area contributed by atoms with E-state index in [1.165, 1.54) is 0 Å². The summed E-state index contributed by atoms with van der Waals surface area (Å²) in [4.78, 5) is 2.40. The molecule has 0 aliphatic heterocycles. The van der Waals surface area contributed by atoms with Crippen LogP contribution in [0.15, 0.2) is 0 Å². The van der Waals surface area contributed by atoms with Gasteiger partial charge in [0.2, 0.25) is 0 Å². The molecule has 2 nitrogen and oxygen atoms in total. The Morgan fingerprint density at radius 2 is 1.57 bits per heavy atom. The van der Waals surface area contributed by atoms with Crippen molar-refractivity contribution >= 4 is 0 Å². The molecule has 0 radical (unpaired) electrons. The Bertz CT molecular complexity index is 170. The molecule has 0 saturated heterocycles. The second-order valence-electron chi connectivity index (χ2n) is 6.13. The van der Waals surface area contributed by atoms with Gasteiger partial charge in [-0.1, -0.05) is 34.6 Å². The van der Waals surface area contributed by atoms with Crippen LogP contribution in [0.2, 0.25) is 0 Å². The van der Waals surface area contributed by atoms with Gasteiger partial charge in [-0.15, -0.1) is 0 Å². The fraction of sp³-hybridized carbons (Fsp3) is 1.00. The molecule has 0 aromatic heterocycles. The molecule has 0 bridgehead atoms. The third-order valence-corrected chi connectivity index (χ3v) is 3.24. The Labute approximate surface area is 89.9 Å². The molecule has 0 aromatic rings. The van der Waals surface area contributed by atoms with Crippen molar-refractivity contribution in [2.45, 2.75) is 47.1 Å². The smallest absolute Gasteiger partial charge is 0.0323 e. The van der Waals surface area contributed by atoms with Crippen molar-refractivity contribution in [2.75, 3.05) is 20.1 Å². The summed E-state index contributed by atoms with van der Waals surface area (Å²) in [5.41, 5.74) is 6.34. The maximum Gasteiger partial charge on any atom is 0.0323 e. The van der Waals surface area contributed by atoms with Gasteiger partial charge >= 0.3 is 0 Å². The molecule has 1 unspecified atom stereocenters. The quantitative estimate of drug-likeness (QED) is 0.755. The van der Waals surface area contributed by atoms with Gasteiger partial charge in [-0.2, -0.15) is 0 Å². The van der Waals surface area contributed by atoms with Crippen LogP contribution in [-0.4, -0.2) is 30.6 Å². The maximum atomic E-state index is 5.89. The van der Waals surface area contributed by atoms with Gasteiger partial charge in [0.15, 0.2) is 0 Å². The first-order chi connectivity index (χ1) is 6.13. The van der Waals surface area contributed by atoms with E-state index in [2.05, 4.69) is 53.5 Å². The predicted molar refractivity (Wildman–Crippen MR) is 64.4 cm³/mol. The minimum absolute atomic E-state index is 0.118. The van der Waals surface area contributed by atoms with E-state index in [9.17, 15) is 0 Å². The number of nitrogens with two attached hydrogens (primary N) is 1. The molecule has 1 atom stereocenters.